The predicted molar refractivity (Wildman–Crippen MR) is 111 cm³/mol. The van der Waals surface area contributed by atoms with Crippen LogP contribution in [-0.2, 0) is 10.0 Å². The molecule has 8 heteroatoms. The Morgan fingerprint density at radius 1 is 1.07 bits per heavy atom. The van der Waals surface area contributed by atoms with E-state index in [4.69, 9.17) is 0 Å². The van der Waals surface area contributed by atoms with Crippen molar-refractivity contribution in [1.82, 2.24) is 14.5 Å². The number of sulfonamides is 1. The van der Waals surface area contributed by atoms with Gasteiger partial charge >= 0.3 is 6.03 Å². The average Bonchev–Trinajstić information content (AvgIpc) is 3.49. The first kappa shape index (κ1) is 21.1. The number of carbonyl (C=O) groups excluding carboxylic acids is 1. The number of anilines is 1. The molecular weight excluding hydrogens is 376 g/mol. The van der Waals surface area contributed by atoms with Gasteiger partial charge in [0.15, 0.2) is 0 Å². The van der Waals surface area contributed by atoms with Crippen LogP contribution in [0.15, 0.2) is 29.2 Å². The Hall–Kier alpha value is -1.64. The third kappa shape index (κ3) is 5.04. The van der Waals surface area contributed by atoms with Gasteiger partial charge in [-0.2, -0.15) is 4.31 Å². The molecule has 0 spiro atoms. The summed E-state index contributed by atoms with van der Waals surface area (Å²) >= 11 is 0. The van der Waals surface area contributed by atoms with Gasteiger partial charge in [0.1, 0.15) is 0 Å². The largest absolute Gasteiger partial charge is 0.338 e. The van der Waals surface area contributed by atoms with Gasteiger partial charge in [0.25, 0.3) is 0 Å². The normalized spacial score (nSPS) is 19.0. The van der Waals surface area contributed by atoms with E-state index in [0.717, 1.165) is 51.7 Å². The number of likely N-dealkylation sites (tertiary alicyclic amines) is 1. The van der Waals surface area contributed by atoms with Crippen molar-refractivity contribution in [3.63, 3.8) is 0 Å². The van der Waals surface area contributed by atoms with Gasteiger partial charge < -0.3 is 15.5 Å². The highest BCUT2D eigenvalue weighted by Gasteiger charge is 2.43. The van der Waals surface area contributed by atoms with Crippen LogP contribution in [0.1, 0.15) is 46.0 Å². The van der Waals surface area contributed by atoms with Crippen LogP contribution in [0, 0.1) is 0 Å². The lowest BCUT2D eigenvalue weighted by Crippen LogP contribution is -2.48. The number of hydrogen-bond acceptors (Lipinski definition) is 4. The molecular formula is C20H32N4O3S. The molecule has 2 fully saturated rings. The molecule has 3 rings (SSSR count). The highest BCUT2D eigenvalue weighted by atomic mass is 32.2. The highest BCUT2D eigenvalue weighted by molar-refractivity contribution is 7.89. The molecule has 0 bridgehead atoms. The molecule has 1 saturated carbocycles. The first-order valence-corrected chi connectivity index (χ1v) is 11.8. The lowest BCUT2D eigenvalue weighted by molar-refractivity contribution is 0.156. The standard InChI is InChI=1S/C20H32N4O3S/c1-3-13-23-14-11-18(12-15-23)24(17-7-8-17)28(26,27)19-9-5-16(6-10-19)22-20(25)21-4-2/h5-6,9-10,17-18H,3-4,7-8,11-15H2,1-2H3,(H2,21,22,25). The maximum Gasteiger partial charge on any atom is 0.319 e. The summed E-state index contributed by atoms with van der Waals surface area (Å²) in [5, 5.41) is 5.36. The van der Waals surface area contributed by atoms with Gasteiger partial charge in [-0.25, -0.2) is 13.2 Å². The van der Waals surface area contributed by atoms with Gasteiger partial charge in [-0.15, -0.1) is 0 Å². The zero-order chi connectivity index (χ0) is 20.1. The fourth-order valence-corrected chi connectivity index (χ4v) is 5.83. The molecule has 28 heavy (non-hydrogen) atoms. The van der Waals surface area contributed by atoms with Crippen LogP contribution in [-0.4, -0.2) is 61.9 Å². The number of piperidine rings is 1. The number of carbonyl (C=O) groups is 1. The highest BCUT2D eigenvalue weighted by Crippen LogP contribution is 2.36. The van der Waals surface area contributed by atoms with Gasteiger partial charge in [0, 0.05) is 24.3 Å². The van der Waals surface area contributed by atoms with E-state index in [-0.39, 0.29) is 18.1 Å². The molecule has 7 nitrogen and oxygen atoms in total. The maximum atomic E-state index is 13.4. The quantitative estimate of drug-likeness (QED) is 0.693. The van der Waals surface area contributed by atoms with Crippen LogP contribution < -0.4 is 10.6 Å². The van der Waals surface area contributed by atoms with E-state index >= 15 is 0 Å². The van der Waals surface area contributed by atoms with E-state index in [1.165, 1.54) is 0 Å². The van der Waals surface area contributed by atoms with Crippen molar-refractivity contribution in [2.45, 2.75) is 62.9 Å². The molecule has 2 amide bonds. The number of amides is 2. The molecule has 1 aliphatic carbocycles. The molecule has 1 aromatic carbocycles. The van der Waals surface area contributed by atoms with Crippen LogP contribution >= 0.6 is 0 Å². The topological polar surface area (TPSA) is 81.8 Å². The maximum absolute atomic E-state index is 13.4. The molecule has 0 radical (unpaired) electrons. The Morgan fingerprint density at radius 3 is 2.21 bits per heavy atom. The van der Waals surface area contributed by atoms with E-state index in [1.54, 1.807) is 28.6 Å². The van der Waals surface area contributed by atoms with Crippen molar-refractivity contribution in [3.8, 4) is 0 Å². The summed E-state index contributed by atoms with van der Waals surface area (Å²) in [7, 11) is -3.54. The number of rotatable bonds is 8. The van der Waals surface area contributed by atoms with E-state index in [2.05, 4.69) is 22.5 Å². The molecule has 1 aromatic rings. The Labute approximate surface area is 168 Å². The zero-order valence-electron chi connectivity index (χ0n) is 16.9. The van der Waals surface area contributed by atoms with Gasteiger partial charge in [0.2, 0.25) is 10.0 Å². The molecule has 1 saturated heterocycles. The smallest absolute Gasteiger partial charge is 0.319 e. The van der Waals surface area contributed by atoms with Crippen molar-refractivity contribution in [2.75, 3.05) is 31.5 Å². The summed E-state index contributed by atoms with van der Waals surface area (Å²) in [5.41, 5.74) is 0.579. The predicted octanol–water partition coefficient (Wildman–Crippen LogP) is 2.86. The summed E-state index contributed by atoms with van der Waals surface area (Å²) in [6.07, 6.45) is 4.82. The fourth-order valence-electron chi connectivity index (χ4n) is 3.90. The fraction of sp³-hybridized carbons (Fsp3) is 0.650. The Morgan fingerprint density at radius 2 is 1.68 bits per heavy atom. The molecule has 2 N–H and O–H groups in total. The second-order valence-corrected chi connectivity index (χ2v) is 9.49. The minimum Gasteiger partial charge on any atom is -0.338 e. The van der Waals surface area contributed by atoms with Crippen LogP contribution in [0.25, 0.3) is 0 Å². The van der Waals surface area contributed by atoms with E-state index in [1.807, 2.05) is 6.92 Å². The Kier molecular flexibility index (Phi) is 6.95. The summed E-state index contributed by atoms with van der Waals surface area (Å²) in [5.74, 6) is 0. The van der Waals surface area contributed by atoms with Gasteiger partial charge in [-0.05, 0) is 82.9 Å². The molecule has 1 aliphatic heterocycles. The van der Waals surface area contributed by atoms with Crippen LogP contribution in [0.2, 0.25) is 0 Å². The number of benzene rings is 1. The summed E-state index contributed by atoms with van der Waals surface area (Å²) in [4.78, 5) is 14.4. The SMILES string of the molecule is CCCN1CCC(N(C2CC2)S(=O)(=O)c2ccc(NC(=O)NCC)cc2)CC1. The van der Waals surface area contributed by atoms with Crippen LogP contribution in [0.3, 0.4) is 0 Å². The lowest BCUT2D eigenvalue weighted by atomic mass is 10.0. The van der Waals surface area contributed by atoms with Crippen molar-refractivity contribution >= 4 is 21.7 Å². The van der Waals surface area contributed by atoms with Crippen molar-refractivity contribution in [2.24, 2.45) is 0 Å². The second kappa shape index (κ2) is 9.24. The third-order valence-corrected chi connectivity index (χ3v) is 7.41. The first-order valence-electron chi connectivity index (χ1n) is 10.4. The molecule has 0 aromatic heterocycles. The number of hydrogen-bond donors (Lipinski definition) is 2. The number of nitrogens with one attached hydrogen (secondary N) is 2. The molecule has 156 valence electrons. The Balaban J connectivity index is 1.71. The Bertz CT molecular complexity index is 754. The third-order valence-electron chi connectivity index (χ3n) is 5.39. The molecule has 0 unspecified atom stereocenters. The van der Waals surface area contributed by atoms with Crippen molar-refractivity contribution in [3.05, 3.63) is 24.3 Å². The van der Waals surface area contributed by atoms with E-state index in [9.17, 15) is 13.2 Å². The van der Waals surface area contributed by atoms with Gasteiger partial charge in [-0.3, -0.25) is 0 Å². The molecule has 2 aliphatic rings. The minimum atomic E-state index is -3.54. The number of nitrogens with zero attached hydrogens (tertiary/aromatic N) is 2. The van der Waals surface area contributed by atoms with Crippen LogP contribution in [0.4, 0.5) is 10.5 Å². The molecule has 1 heterocycles. The van der Waals surface area contributed by atoms with Gasteiger partial charge in [0.05, 0.1) is 4.90 Å². The van der Waals surface area contributed by atoms with E-state index in [0.29, 0.717) is 17.1 Å². The summed E-state index contributed by atoms with van der Waals surface area (Å²) in [6.45, 7) is 7.57. The van der Waals surface area contributed by atoms with Crippen molar-refractivity contribution < 1.29 is 13.2 Å². The van der Waals surface area contributed by atoms with Gasteiger partial charge in [-0.1, -0.05) is 6.92 Å². The molecule has 0 atom stereocenters. The summed E-state index contributed by atoms with van der Waals surface area (Å²) < 4.78 is 28.5. The zero-order valence-corrected chi connectivity index (χ0v) is 17.7. The van der Waals surface area contributed by atoms with Crippen LogP contribution in [0.5, 0.6) is 0 Å². The first-order chi connectivity index (χ1) is 13.5. The lowest BCUT2D eigenvalue weighted by Gasteiger charge is -2.38. The van der Waals surface area contributed by atoms with Crippen molar-refractivity contribution in [1.29, 1.82) is 0 Å². The van der Waals surface area contributed by atoms with E-state index < -0.39 is 10.0 Å². The monoisotopic (exact) mass is 408 g/mol. The number of urea groups is 1. The average molecular weight is 409 g/mol. The summed E-state index contributed by atoms with van der Waals surface area (Å²) in [6, 6.07) is 6.42. The second-order valence-electron chi connectivity index (χ2n) is 7.65. The minimum absolute atomic E-state index is 0.0822.